The van der Waals surface area contributed by atoms with Crippen LogP contribution in [0.15, 0.2) is 24.5 Å². The topological polar surface area (TPSA) is 99.3 Å². The molecule has 104 valence electrons. The van der Waals surface area contributed by atoms with Gasteiger partial charge in [0, 0.05) is 19.3 Å². The molecule has 8 nitrogen and oxygen atoms in total. The Bertz CT molecular complexity index is 573. The van der Waals surface area contributed by atoms with Crippen LogP contribution in [0.2, 0.25) is 0 Å². The van der Waals surface area contributed by atoms with E-state index < -0.39 is 0 Å². The summed E-state index contributed by atoms with van der Waals surface area (Å²) in [6.07, 6.45) is 3.24. The Balaban J connectivity index is 1.82. The fourth-order valence-corrected chi connectivity index (χ4v) is 1.82. The van der Waals surface area contributed by atoms with Gasteiger partial charge in [0.25, 0.3) is 0 Å². The third-order valence-corrected chi connectivity index (χ3v) is 2.76. The van der Waals surface area contributed by atoms with E-state index in [2.05, 4.69) is 19.9 Å². The third-order valence-electron chi connectivity index (χ3n) is 2.76. The smallest absolute Gasteiger partial charge is 0.328 e. The molecule has 0 bridgehead atoms. The highest BCUT2D eigenvalue weighted by Crippen LogP contribution is 2.19. The zero-order chi connectivity index (χ0) is 13.8. The summed E-state index contributed by atoms with van der Waals surface area (Å²) in [5, 5.41) is 0. The van der Waals surface area contributed by atoms with Gasteiger partial charge in [-0.25, -0.2) is 0 Å². The minimum Gasteiger partial charge on any atom is -0.422 e. The lowest BCUT2D eigenvalue weighted by molar-refractivity contribution is 0.122. The maximum atomic E-state index is 5.70. The molecule has 0 aromatic carbocycles. The van der Waals surface area contributed by atoms with Crippen LogP contribution >= 0.6 is 0 Å². The second kappa shape index (κ2) is 5.66. The molecule has 2 N–H and O–H groups in total. The van der Waals surface area contributed by atoms with Gasteiger partial charge >= 0.3 is 6.01 Å². The molecule has 0 atom stereocenters. The maximum Gasteiger partial charge on any atom is 0.328 e. The number of morpholine rings is 1. The van der Waals surface area contributed by atoms with E-state index in [0.29, 0.717) is 24.9 Å². The van der Waals surface area contributed by atoms with Gasteiger partial charge in [-0.15, -0.1) is 0 Å². The Labute approximate surface area is 115 Å². The molecule has 8 heteroatoms. The summed E-state index contributed by atoms with van der Waals surface area (Å²) in [6, 6.07) is 3.69. The van der Waals surface area contributed by atoms with E-state index in [4.69, 9.17) is 15.2 Å². The predicted molar refractivity (Wildman–Crippen MR) is 71.6 cm³/mol. The first kappa shape index (κ1) is 12.5. The van der Waals surface area contributed by atoms with Crippen molar-refractivity contribution in [3.8, 4) is 11.8 Å². The van der Waals surface area contributed by atoms with Gasteiger partial charge in [-0.1, -0.05) is 0 Å². The SMILES string of the molecule is Nc1nc(Oc2cccnc2)nc(N2CCOCC2)n1. The standard InChI is InChI=1S/C12H14N6O2/c13-10-15-11(18-4-6-19-7-5-18)17-12(16-10)20-9-2-1-3-14-8-9/h1-3,8H,4-7H2,(H2,13,15,16,17). The van der Waals surface area contributed by atoms with Gasteiger partial charge in [0.15, 0.2) is 0 Å². The average molecular weight is 274 g/mol. The fraction of sp³-hybridized carbons (Fsp3) is 0.333. The van der Waals surface area contributed by atoms with Crippen molar-refractivity contribution in [2.24, 2.45) is 0 Å². The molecule has 1 fully saturated rings. The van der Waals surface area contributed by atoms with E-state index in [9.17, 15) is 0 Å². The lowest BCUT2D eigenvalue weighted by Gasteiger charge is -2.26. The highest BCUT2D eigenvalue weighted by molar-refractivity contribution is 5.37. The molecule has 3 rings (SSSR count). The number of pyridine rings is 1. The van der Waals surface area contributed by atoms with Crippen LogP contribution in [-0.2, 0) is 4.74 Å². The molecule has 1 aliphatic heterocycles. The van der Waals surface area contributed by atoms with Crippen molar-refractivity contribution in [1.29, 1.82) is 0 Å². The van der Waals surface area contributed by atoms with Crippen molar-refractivity contribution >= 4 is 11.9 Å². The Morgan fingerprint density at radius 1 is 1.20 bits per heavy atom. The molecule has 1 saturated heterocycles. The largest absolute Gasteiger partial charge is 0.422 e. The molecule has 20 heavy (non-hydrogen) atoms. The van der Waals surface area contributed by atoms with Crippen LogP contribution in [0.5, 0.6) is 11.8 Å². The van der Waals surface area contributed by atoms with Crippen molar-refractivity contribution in [2.75, 3.05) is 36.9 Å². The van der Waals surface area contributed by atoms with Crippen molar-refractivity contribution in [1.82, 2.24) is 19.9 Å². The van der Waals surface area contributed by atoms with Gasteiger partial charge in [0.2, 0.25) is 11.9 Å². The second-order valence-corrected chi connectivity index (χ2v) is 4.17. The first-order valence-electron chi connectivity index (χ1n) is 6.23. The Kier molecular flexibility index (Phi) is 3.55. The van der Waals surface area contributed by atoms with Crippen molar-refractivity contribution < 1.29 is 9.47 Å². The summed E-state index contributed by atoms with van der Waals surface area (Å²) < 4.78 is 10.8. The highest BCUT2D eigenvalue weighted by atomic mass is 16.5. The number of rotatable bonds is 3. The molecule has 0 unspecified atom stereocenters. The lowest BCUT2D eigenvalue weighted by Crippen LogP contribution is -2.37. The molecule has 0 aliphatic carbocycles. The molecule has 0 spiro atoms. The third kappa shape index (κ3) is 2.91. The predicted octanol–water partition coefficient (Wildman–Crippen LogP) is 0.478. The zero-order valence-corrected chi connectivity index (χ0v) is 10.8. The minimum absolute atomic E-state index is 0.125. The van der Waals surface area contributed by atoms with Crippen LogP contribution in [0.1, 0.15) is 0 Å². The fourth-order valence-electron chi connectivity index (χ4n) is 1.82. The van der Waals surface area contributed by atoms with Crippen LogP contribution < -0.4 is 15.4 Å². The zero-order valence-electron chi connectivity index (χ0n) is 10.8. The van der Waals surface area contributed by atoms with Crippen LogP contribution in [0.4, 0.5) is 11.9 Å². The summed E-state index contributed by atoms with van der Waals surface area (Å²) in [5.74, 6) is 1.17. The Morgan fingerprint density at radius 2 is 2.05 bits per heavy atom. The van der Waals surface area contributed by atoms with Crippen molar-refractivity contribution in [2.45, 2.75) is 0 Å². The monoisotopic (exact) mass is 274 g/mol. The minimum atomic E-state index is 0.125. The number of nitrogens with zero attached hydrogens (tertiary/aromatic N) is 5. The Morgan fingerprint density at radius 3 is 2.80 bits per heavy atom. The van der Waals surface area contributed by atoms with Crippen molar-refractivity contribution in [3.05, 3.63) is 24.5 Å². The highest BCUT2D eigenvalue weighted by Gasteiger charge is 2.16. The lowest BCUT2D eigenvalue weighted by atomic mass is 10.4. The van der Waals surface area contributed by atoms with E-state index >= 15 is 0 Å². The van der Waals surface area contributed by atoms with E-state index in [1.807, 2.05) is 4.90 Å². The summed E-state index contributed by atoms with van der Waals surface area (Å²) in [6.45, 7) is 2.72. The normalized spacial score (nSPS) is 15.1. The van der Waals surface area contributed by atoms with Gasteiger partial charge in [-0.2, -0.15) is 15.0 Å². The van der Waals surface area contributed by atoms with Crippen LogP contribution in [-0.4, -0.2) is 46.2 Å². The first-order valence-corrected chi connectivity index (χ1v) is 6.23. The van der Waals surface area contributed by atoms with E-state index in [-0.39, 0.29) is 12.0 Å². The molecule has 2 aromatic heterocycles. The number of anilines is 2. The number of nitrogen functional groups attached to an aromatic ring is 1. The molecular weight excluding hydrogens is 260 g/mol. The number of nitrogens with two attached hydrogens (primary N) is 1. The van der Waals surface area contributed by atoms with Crippen LogP contribution in [0, 0.1) is 0 Å². The van der Waals surface area contributed by atoms with Crippen LogP contribution in [0.3, 0.4) is 0 Å². The van der Waals surface area contributed by atoms with Gasteiger partial charge in [0.1, 0.15) is 5.75 Å². The summed E-state index contributed by atoms with van der Waals surface area (Å²) in [4.78, 5) is 18.3. The number of hydrogen-bond donors (Lipinski definition) is 1. The van der Waals surface area contributed by atoms with Gasteiger partial charge in [0.05, 0.1) is 19.4 Å². The number of aromatic nitrogens is 4. The first-order chi connectivity index (χ1) is 9.81. The molecule has 0 saturated carbocycles. The Hall–Kier alpha value is -2.48. The summed E-state index contributed by atoms with van der Waals surface area (Å²) in [7, 11) is 0. The molecule has 0 radical (unpaired) electrons. The van der Waals surface area contributed by atoms with Crippen LogP contribution in [0.25, 0.3) is 0 Å². The summed E-state index contributed by atoms with van der Waals surface area (Å²) in [5.41, 5.74) is 5.70. The van der Waals surface area contributed by atoms with E-state index in [1.165, 1.54) is 0 Å². The van der Waals surface area contributed by atoms with Gasteiger partial charge in [-0.3, -0.25) is 4.98 Å². The molecule has 3 heterocycles. The van der Waals surface area contributed by atoms with Crippen molar-refractivity contribution in [3.63, 3.8) is 0 Å². The van der Waals surface area contributed by atoms with E-state index in [0.717, 1.165) is 13.1 Å². The maximum absolute atomic E-state index is 5.70. The quantitative estimate of drug-likeness (QED) is 0.862. The van der Waals surface area contributed by atoms with Gasteiger partial charge in [-0.05, 0) is 12.1 Å². The molecule has 0 amide bonds. The average Bonchev–Trinajstić information content (AvgIpc) is 2.49. The second-order valence-electron chi connectivity index (χ2n) is 4.17. The summed E-state index contributed by atoms with van der Waals surface area (Å²) >= 11 is 0. The van der Waals surface area contributed by atoms with E-state index in [1.54, 1.807) is 24.5 Å². The number of hydrogen-bond acceptors (Lipinski definition) is 8. The molecule has 1 aliphatic rings. The molecular formula is C12H14N6O2. The van der Waals surface area contributed by atoms with Gasteiger partial charge < -0.3 is 20.1 Å². The number of ether oxygens (including phenoxy) is 2. The molecule has 2 aromatic rings.